The molecule has 5 aromatic carbocycles. The zero-order valence-electron chi connectivity index (χ0n) is 41.9. The summed E-state index contributed by atoms with van der Waals surface area (Å²) >= 11 is 0. The van der Waals surface area contributed by atoms with E-state index in [9.17, 15) is 24.3 Å². The first-order chi connectivity index (χ1) is 36.3. The minimum absolute atomic E-state index is 0.0973. The van der Waals surface area contributed by atoms with E-state index in [2.05, 4.69) is 0 Å². The van der Waals surface area contributed by atoms with E-state index >= 15 is 0 Å². The quantitative estimate of drug-likeness (QED) is 0.0272. The smallest absolute Gasteiger partial charge is 0.338 e. The van der Waals surface area contributed by atoms with Gasteiger partial charge < -0.3 is 52.5 Å². The Hall–Kier alpha value is -6.30. The lowest BCUT2D eigenvalue weighted by molar-refractivity contribution is -0.349. The zero-order valence-corrected chi connectivity index (χ0v) is 41.9. The van der Waals surface area contributed by atoms with Crippen LogP contribution in [0, 0.1) is 0 Å². The first-order valence-corrected chi connectivity index (χ1v) is 25.6. The van der Waals surface area contributed by atoms with Gasteiger partial charge in [0.2, 0.25) is 0 Å². The Kier molecular flexibility index (Phi) is 22.6. The van der Waals surface area contributed by atoms with Crippen LogP contribution in [-0.2, 0) is 65.4 Å². The van der Waals surface area contributed by atoms with Crippen molar-refractivity contribution >= 4 is 23.9 Å². The summed E-state index contributed by atoms with van der Waals surface area (Å²) in [7, 11) is 1.41. The van der Waals surface area contributed by atoms with Gasteiger partial charge in [-0.3, -0.25) is 4.79 Å². The molecule has 2 fully saturated rings. The Balaban J connectivity index is 1.17. The summed E-state index contributed by atoms with van der Waals surface area (Å²) in [5.74, 6) is -2.34. The first-order valence-electron chi connectivity index (χ1n) is 25.6. The largest absolute Gasteiger partial charge is 0.469 e. The number of esters is 4. The third-order valence-corrected chi connectivity index (χ3v) is 12.8. The fraction of sp³-hybridized carbons (Fsp3) is 0.424. The van der Waals surface area contributed by atoms with Gasteiger partial charge in [-0.2, -0.15) is 0 Å². The monoisotopic (exact) mass is 1020 g/mol. The molecule has 0 amide bonds. The normalized spacial score (nSPS) is 22.4. The highest BCUT2D eigenvalue weighted by Crippen LogP contribution is 2.36. The third-order valence-electron chi connectivity index (χ3n) is 12.8. The standard InChI is InChI=1S/C59H68O15/c1-65-49(61)36-24-7-5-3-2-4-6-8-25-37-66-58-54(52(68-40-43-28-16-10-17-29-43)50(47(38-60)70-58)67-39-42-26-14-9-15-27-42)74-59-53(73-57(64)46-34-22-13-23-35-46)51(72-56(63)45-32-20-12-21-33-45)48(71-59)41-69-55(62)44-30-18-11-19-31-44/h9-23,26-35,47-48,50-54,58-60H,2-8,24-25,36-41H2,1H3/t47-,48+,50+,51+,52+,53-,54-,58-,59-/m1/s1. The number of ether oxygens (including phenoxy) is 10. The summed E-state index contributed by atoms with van der Waals surface area (Å²) in [6, 6.07) is 44.1. The van der Waals surface area contributed by atoms with E-state index in [1.54, 1.807) is 91.0 Å². The van der Waals surface area contributed by atoms with Crippen LogP contribution in [0.15, 0.2) is 152 Å². The molecule has 2 aliphatic rings. The molecule has 0 aromatic heterocycles. The number of aliphatic hydroxyl groups is 1. The maximum Gasteiger partial charge on any atom is 0.338 e. The zero-order chi connectivity index (χ0) is 51.7. The van der Waals surface area contributed by atoms with Gasteiger partial charge in [0.1, 0.15) is 37.1 Å². The van der Waals surface area contributed by atoms with Crippen molar-refractivity contribution in [3.05, 3.63) is 179 Å². The van der Waals surface area contributed by atoms with Crippen molar-refractivity contribution < 1.29 is 71.7 Å². The molecule has 0 radical (unpaired) electrons. The highest BCUT2D eigenvalue weighted by atomic mass is 16.8. The van der Waals surface area contributed by atoms with Crippen molar-refractivity contribution in [1.82, 2.24) is 0 Å². The van der Waals surface area contributed by atoms with E-state index in [-0.39, 0.29) is 42.5 Å². The summed E-state index contributed by atoms with van der Waals surface area (Å²) in [4.78, 5) is 52.9. The molecule has 74 heavy (non-hydrogen) atoms. The van der Waals surface area contributed by atoms with Crippen LogP contribution in [0.3, 0.4) is 0 Å². The summed E-state index contributed by atoms with van der Waals surface area (Å²) in [6.45, 7) is -0.403. The van der Waals surface area contributed by atoms with Gasteiger partial charge in [0.25, 0.3) is 0 Å². The van der Waals surface area contributed by atoms with E-state index in [0.29, 0.717) is 12.8 Å². The molecule has 0 spiro atoms. The topological polar surface area (TPSA) is 181 Å². The number of carbonyl (C=O) groups is 4. The van der Waals surface area contributed by atoms with E-state index in [4.69, 9.17) is 47.4 Å². The van der Waals surface area contributed by atoms with Crippen molar-refractivity contribution in [3.8, 4) is 0 Å². The molecular formula is C59H68O15. The molecule has 1 N–H and O–H groups in total. The molecule has 0 saturated carbocycles. The Morgan fingerprint density at radius 1 is 0.459 bits per heavy atom. The Labute approximate surface area is 433 Å². The highest BCUT2D eigenvalue weighted by molar-refractivity contribution is 5.91. The number of hydrogen-bond donors (Lipinski definition) is 1. The number of methoxy groups -OCH3 is 1. The van der Waals surface area contributed by atoms with E-state index in [1.165, 1.54) is 7.11 Å². The highest BCUT2D eigenvalue weighted by Gasteiger charge is 2.56. The van der Waals surface area contributed by atoms with Gasteiger partial charge in [-0.15, -0.1) is 0 Å². The lowest BCUT2D eigenvalue weighted by atomic mass is 9.97. The fourth-order valence-electron chi connectivity index (χ4n) is 8.84. The molecule has 0 unspecified atom stereocenters. The predicted molar refractivity (Wildman–Crippen MR) is 271 cm³/mol. The van der Waals surface area contributed by atoms with Crippen molar-refractivity contribution in [1.29, 1.82) is 0 Å². The molecule has 15 nitrogen and oxygen atoms in total. The molecule has 0 aliphatic carbocycles. The van der Waals surface area contributed by atoms with Gasteiger partial charge >= 0.3 is 23.9 Å². The summed E-state index contributed by atoms with van der Waals surface area (Å²) < 4.78 is 63.2. The fourth-order valence-corrected chi connectivity index (χ4v) is 8.84. The number of hydrogen-bond acceptors (Lipinski definition) is 15. The summed E-state index contributed by atoms with van der Waals surface area (Å²) in [6.07, 6.45) is -1.81. The Bertz CT molecular complexity index is 2410. The second-order valence-electron chi connectivity index (χ2n) is 18.2. The average molecular weight is 1020 g/mol. The molecule has 5 aromatic rings. The molecular weight excluding hydrogens is 949 g/mol. The molecule has 394 valence electrons. The SMILES string of the molecule is COC(=O)CCCCCCCCCCCO[C@@H]1O[C@H](CO)[C@H](OCc2ccccc2)[C@H](OCc2ccccc2)[C@H]1O[C@H]1O[C@@H](COC(=O)c2ccccc2)[C@H](OC(=O)c2ccccc2)[C@H]1OC(=O)c1ccccc1. The maximum atomic E-state index is 14.1. The predicted octanol–water partition coefficient (Wildman–Crippen LogP) is 9.38. The number of benzene rings is 5. The molecule has 2 aliphatic heterocycles. The lowest BCUT2D eigenvalue weighted by Crippen LogP contribution is -2.62. The number of unbranched alkanes of at least 4 members (excludes halogenated alkanes) is 8. The molecule has 7 rings (SSSR count). The van der Waals surface area contributed by atoms with Crippen LogP contribution in [0.2, 0.25) is 0 Å². The minimum atomic E-state index is -1.51. The number of carbonyl (C=O) groups excluding carboxylic acids is 4. The molecule has 0 bridgehead atoms. The molecule has 9 atom stereocenters. The van der Waals surface area contributed by atoms with Crippen molar-refractivity contribution in [2.45, 2.75) is 133 Å². The average Bonchev–Trinajstić information content (AvgIpc) is 3.76. The molecule has 15 heteroatoms. The van der Waals surface area contributed by atoms with Crippen LogP contribution in [0.25, 0.3) is 0 Å². The Morgan fingerprint density at radius 3 is 1.42 bits per heavy atom. The Morgan fingerprint density at radius 2 is 0.905 bits per heavy atom. The lowest BCUT2D eigenvalue weighted by Gasteiger charge is -2.46. The third kappa shape index (κ3) is 16.9. The van der Waals surface area contributed by atoms with E-state index in [0.717, 1.165) is 62.5 Å². The summed E-state index contributed by atoms with van der Waals surface area (Å²) in [5, 5.41) is 11.0. The number of aliphatic hydroxyl groups excluding tert-OH is 1. The first kappa shape index (κ1) is 55.5. The van der Waals surface area contributed by atoms with Crippen LogP contribution in [0.5, 0.6) is 0 Å². The van der Waals surface area contributed by atoms with Crippen molar-refractivity contribution in [2.75, 3.05) is 26.9 Å². The molecule has 2 saturated heterocycles. The van der Waals surface area contributed by atoms with Gasteiger partial charge in [-0.1, -0.05) is 160 Å². The van der Waals surface area contributed by atoms with Crippen LogP contribution >= 0.6 is 0 Å². The van der Waals surface area contributed by atoms with Crippen molar-refractivity contribution in [3.63, 3.8) is 0 Å². The molecule has 2 heterocycles. The van der Waals surface area contributed by atoms with Crippen LogP contribution in [0.4, 0.5) is 0 Å². The van der Waals surface area contributed by atoms with Gasteiger partial charge in [0.15, 0.2) is 24.8 Å². The van der Waals surface area contributed by atoms with E-state index in [1.807, 2.05) is 60.7 Å². The minimum Gasteiger partial charge on any atom is -0.469 e. The number of rotatable bonds is 29. The van der Waals surface area contributed by atoms with Crippen LogP contribution in [0.1, 0.15) is 106 Å². The van der Waals surface area contributed by atoms with Crippen LogP contribution in [-0.4, -0.2) is 111 Å². The van der Waals surface area contributed by atoms with Gasteiger partial charge in [-0.05, 0) is 60.4 Å². The van der Waals surface area contributed by atoms with Gasteiger partial charge in [-0.25, -0.2) is 14.4 Å². The summed E-state index contributed by atoms with van der Waals surface area (Å²) in [5.41, 5.74) is 2.42. The van der Waals surface area contributed by atoms with Crippen molar-refractivity contribution in [2.24, 2.45) is 0 Å². The second kappa shape index (κ2) is 30.2. The van der Waals surface area contributed by atoms with Gasteiger partial charge in [0, 0.05) is 13.0 Å². The maximum absolute atomic E-state index is 14.1. The van der Waals surface area contributed by atoms with Gasteiger partial charge in [0.05, 0.1) is 43.6 Å². The van der Waals surface area contributed by atoms with E-state index < -0.39 is 86.4 Å². The van der Waals surface area contributed by atoms with Crippen LogP contribution < -0.4 is 0 Å². The second-order valence-corrected chi connectivity index (χ2v) is 18.2.